The van der Waals surface area contributed by atoms with Gasteiger partial charge in [0.25, 0.3) is 0 Å². The predicted molar refractivity (Wildman–Crippen MR) is 95.2 cm³/mol. The van der Waals surface area contributed by atoms with Crippen LogP contribution in [0.2, 0.25) is 0 Å². The summed E-state index contributed by atoms with van der Waals surface area (Å²) in [4.78, 5) is 2.49. The molecule has 1 N–H and O–H groups in total. The molecule has 0 aliphatic carbocycles. The second-order valence-electron chi connectivity index (χ2n) is 4.80. The number of thioether (sulfide) groups is 1. The largest absolute Gasteiger partial charge is 0.457 e. The van der Waals surface area contributed by atoms with E-state index >= 15 is 0 Å². The van der Waals surface area contributed by atoms with Gasteiger partial charge in [0.05, 0.1) is 0 Å². The number of thiocarbonyl (C=S) groups is 1. The van der Waals surface area contributed by atoms with Crippen LogP contribution in [0.15, 0.2) is 64.4 Å². The molecule has 22 heavy (non-hydrogen) atoms. The van der Waals surface area contributed by atoms with Crippen LogP contribution in [-0.2, 0) is 0 Å². The van der Waals surface area contributed by atoms with Gasteiger partial charge in [-0.2, -0.15) is 0 Å². The van der Waals surface area contributed by atoms with Crippen molar-refractivity contribution in [1.82, 2.24) is 4.90 Å². The van der Waals surface area contributed by atoms with Crippen molar-refractivity contribution >= 4 is 34.4 Å². The molecule has 1 unspecified atom stereocenters. The molecule has 1 aromatic heterocycles. The molecular formula is C17H15NO2S2. The smallest absolute Gasteiger partial charge is 0.161 e. The third kappa shape index (κ3) is 3.02. The number of hydrogen-bond donors (Lipinski definition) is 1. The number of furan rings is 1. The molecule has 1 atom stereocenters. The SMILES string of the molecule is C=CCN1C(=S)S/C(=C\c2ccc(-c3ccccc3)o2)C1O. The van der Waals surface area contributed by atoms with Crippen LogP contribution in [0.5, 0.6) is 0 Å². The Balaban J connectivity index is 1.83. The third-order valence-electron chi connectivity index (χ3n) is 3.28. The van der Waals surface area contributed by atoms with Crippen molar-refractivity contribution in [2.24, 2.45) is 0 Å². The van der Waals surface area contributed by atoms with Gasteiger partial charge in [-0.3, -0.25) is 0 Å². The molecule has 112 valence electrons. The maximum absolute atomic E-state index is 10.3. The number of nitrogens with zero attached hydrogens (tertiary/aromatic N) is 1. The van der Waals surface area contributed by atoms with E-state index in [9.17, 15) is 5.11 Å². The summed E-state index contributed by atoms with van der Waals surface area (Å²) in [7, 11) is 0. The van der Waals surface area contributed by atoms with Crippen molar-refractivity contribution in [2.75, 3.05) is 6.54 Å². The van der Waals surface area contributed by atoms with Crippen molar-refractivity contribution in [3.63, 3.8) is 0 Å². The van der Waals surface area contributed by atoms with Crippen LogP contribution < -0.4 is 0 Å². The fourth-order valence-corrected chi connectivity index (χ4v) is 3.58. The summed E-state index contributed by atoms with van der Waals surface area (Å²) in [6, 6.07) is 13.7. The van der Waals surface area contributed by atoms with Crippen LogP contribution in [-0.4, -0.2) is 27.1 Å². The van der Waals surface area contributed by atoms with E-state index in [1.807, 2.05) is 48.5 Å². The molecule has 1 fully saturated rings. The minimum atomic E-state index is -0.735. The van der Waals surface area contributed by atoms with Gasteiger partial charge < -0.3 is 14.4 Å². The summed E-state index contributed by atoms with van der Waals surface area (Å²) in [5.41, 5.74) is 1.02. The Labute approximate surface area is 138 Å². The minimum Gasteiger partial charge on any atom is -0.457 e. The van der Waals surface area contributed by atoms with E-state index < -0.39 is 6.23 Å². The van der Waals surface area contributed by atoms with Gasteiger partial charge in [0, 0.05) is 17.0 Å². The highest BCUT2D eigenvalue weighted by molar-refractivity contribution is 8.25. The summed E-state index contributed by atoms with van der Waals surface area (Å²) in [5.74, 6) is 1.50. The summed E-state index contributed by atoms with van der Waals surface area (Å²) in [6.07, 6.45) is 2.82. The lowest BCUT2D eigenvalue weighted by atomic mass is 10.2. The lowest BCUT2D eigenvalue weighted by molar-refractivity contribution is 0.110. The van der Waals surface area contributed by atoms with E-state index in [0.717, 1.165) is 16.2 Å². The van der Waals surface area contributed by atoms with Gasteiger partial charge in [-0.05, 0) is 18.2 Å². The Morgan fingerprint density at radius 3 is 2.77 bits per heavy atom. The van der Waals surface area contributed by atoms with Gasteiger partial charge in [0.2, 0.25) is 0 Å². The molecule has 0 amide bonds. The van der Waals surface area contributed by atoms with Crippen molar-refractivity contribution < 1.29 is 9.52 Å². The van der Waals surface area contributed by atoms with Crippen LogP contribution in [0.25, 0.3) is 17.4 Å². The Morgan fingerprint density at radius 1 is 1.27 bits per heavy atom. The summed E-state index contributed by atoms with van der Waals surface area (Å²) < 4.78 is 6.47. The molecule has 2 heterocycles. The van der Waals surface area contributed by atoms with Crippen molar-refractivity contribution in [3.8, 4) is 11.3 Å². The highest BCUT2D eigenvalue weighted by Crippen LogP contribution is 2.36. The molecule has 5 heteroatoms. The number of hydrogen-bond acceptors (Lipinski definition) is 4. The Morgan fingerprint density at radius 2 is 2.05 bits per heavy atom. The molecule has 1 aliphatic rings. The molecule has 3 rings (SSSR count). The maximum Gasteiger partial charge on any atom is 0.161 e. The van der Waals surface area contributed by atoms with E-state index in [-0.39, 0.29) is 0 Å². The van der Waals surface area contributed by atoms with Crippen LogP contribution in [0, 0.1) is 0 Å². The first-order chi connectivity index (χ1) is 10.7. The zero-order chi connectivity index (χ0) is 15.5. The van der Waals surface area contributed by atoms with E-state index in [1.54, 1.807) is 11.0 Å². The standard InChI is InChI=1S/C17H15NO2S2/c1-2-10-18-16(19)15(22-17(18)21)11-13-8-9-14(20-13)12-6-4-3-5-7-12/h2-9,11,16,19H,1,10H2/b15-11-. The molecule has 0 saturated carbocycles. The van der Waals surface area contributed by atoms with Gasteiger partial charge >= 0.3 is 0 Å². The molecule has 0 bridgehead atoms. The van der Waals surface area contributed by atoms with E-state index in [4.69, 9.17) is 16.6 Å². The number of rotatable bonds is 4. The quantitative estimate of drug-likeness (QED) is 0.674. The highest BCUT2D eigenvalue weighted by atomic mass is 32.2. The molecule has 2 aromatic rings. The lowest BCUT2D eigenvalue weighted by Gasteiger charge is -2.18. The van der Waals surface area contributed by atoms with Gasteiger partial charge in [0.1, 0.15) is 15.8 Å². The van der Waals surface area contributed by atoms with Gasteiger partial charge in [-0.15, -0.1) is 6.58 Å². The number of aliphatic hydroxyl groups excluding tert-OH is 1. The fourth-order valence-electron chi connectivity index (χ4n) is 2.21. The Kier molecular flexibility index (Phi) is 4.47. The van der Waals surface area contributed by atoms with E-state index in [2.05, 4.69) is 6.58 Å². The Hall–Kier alpha value is -1.82. The molecule has 1 aliphatic heterocycles. The van der Waals surface area contributed by atoms with Crippen LogP contribution in [0.1, 0.15) is 5.76 Å². The van der Waals surface area contributed by atoms with Crippen molar-refractivity contribution in [3.05, 3.63) is 65.8 Å². The first-order valence-electron chi connectivity index (χ1n) is 6.83. The van der Waals surface area contributed by atoms with Crippen molar-refractivity contribution in [2.45, 2.75) is 6.23 Å². The first-order valence-corrected chi connectivity index (χ1v) is 8.06. The van der Waals surface area contributed by atoms with Gasteiger partial charge in [-0.1, -0.05) is 60.4 Å². The number of benzene rings is 1. The Bertz CT molecular complexity index is 721. The van der Waals surface area contributed by atoms with Crippen molar-refractivity contribution in [1.29, 1.82) is 0 Å². The summed E-state index contributed by atoms with van der Waals surface area (Å²) in [5, 5.41) is 10.3. The van der Waals surface area contributed by atoms with Gasteiger partial charge in [0.15, 0.2) is 6.23 Å². The molecular weight excluding hydrogens is 314 g/mol. The third-order valence-corrected chi connectivity index (χ3v) is 4.74. The molecule has 0 radical (unpaired) electrons. The van der Waals surface area contributed by atoms with E-state index in [0.29, 0.717) is 16.6 Å². The van der Waals surface area contributed by atoms with Crippen LogP contribution in [0.3, 0.4) is 0 Å². The molecule has 1 saturated heterocycles. The lowest BCUT2D eigenvalue weighted by Crippen LogP contribution is -2.32. The van der Waals surface area contributed by atoms with Gasteiger partial charge in [-0.25, -0.2) is 0 Å². The molecule has 0 spiro atoms. The summed E-state index contributed by atoms with van der Waals surface area (Å²) >= 11 is 6.65. The average molecular weight is 329 g/mol. The zero-order valence-electron chi connectivity index (χ0n) is 11.8. The highest BCUT2D eigenvalue weighted by Gasteiger charge is 2.31. The second kappa shape index (κ2) is 6.52. The van der Waals surface area contributed by atoms with Crippen LogP contribution in [0.4, 0.5) is 0 Å². The first kappa shape index (κ1) is 15.1. The fraction of sp³-hybridized carbons (Fsp3) is 0.118. The maximum atomic E-state index is 10.3. The molecule has 1 aromatic carbocycles. The number of aliphatic hydroxyl groups is 1. The summed E-state index contributed by atoms with van der Waals surface area (Å²) in [6.45, 7) is 4.20. The minimum absolute atomic E-state index is 0.526. The normalized spacial score (nSPS) is 19.9. The average Bonchev–Trinajstić information content (AvgIpc) is 3.09. The monoisotopic (exact) mass is 329 g/mol. The topological polar surface area (TPSA) is 36.6 Å². The zero-order valence-corrected chi connectivity index (χ0v) is 13.4. The van der Waals surface area contributed by atoms with Crippen LogP contribution >= 0.6 is 24.0 Å². The predicted octanol–water partition coefficient (Wildman–Crippen LogP) is 4.13. The second-order valence-corrected chi connectivity index (χ2v) is 6.50. The molecule has 3 nitrogen and oxygen atoms in total. The van der Waals surface area contributed by atoms with E-state index in [1.165, 1.54) is 11.8 Å².